The van der Waals surface area contributed by atoms with Crippen molar-refractivity contribution in [2.75, 3.05) is 12.0 Å². The van der Waals surface area contributed by atoms with Crippen molar-refractivity contribution in [3.63, 3.8) is 0 Å². The molecule has 1 heterocycles. The predicted octanol–water partition coefficient (Wildman–Crippen LogP) is 2.29. The van der Waals surface area contributed by atoms with Gasteiger partial charge in [-0.3, -0.25) is 14.5 Å². The SMILES string of the molecule is COc1cccc(CNC(=O)[C@@H]2Cc3ccccc3N2C(C)=O)c1. The molecule has 0 bridgehead atoms. The number of ether oxygens (including phenoxy) is 1. The molecule has 1 aliphatic rings. The maximum absolute atomic E-state index is 12.6. The van der Waals surface area contributed by atoms with Crippen LogP contribution in [0.5, 0.6) is 5.75 Å². The maximum atomic E-state index is 12.6. The van der Waals surface area contributed by atoms with Gasteiger partial charge in [-0.15, -0.1) is 0 Å². The van der Waals surface area contributed by atoms with Gasteiger partial charge in [-0.05, 0) is 29.3 Å². The molecule has 5 heteroatoms. The molecule has 0 aliphatic carbocycles. The van der Waals surface area contributed by atoms with Crippen molar-refractivity contribution in [3.05, 3.63) is 59.7 Å². The Balaban J connectivity index is 1.72. The van der Waals surface area contributed by atoms with Crippen LogP contribution in [0.4, 0.5) is 5.69 Å². The summed E-state index contributed by atoms with van der Waals surface area (Å²) < 4.78 is 5.19. The smallest absolute Gasteiger partial charge is 0.243 e. The summed E-state index contributed by atoms with van der Waals surface area (Å²) in [4.78, 5) is 26.2. The molecule has 0 saturated carbocycles. The number of hydrogen-bond acceptors (Lipinski definition) is 3. The largest absolute Gasteiger partial charge is 0.497 e. The lowest BCUT2D eigenvalue weighted by atomic mass is 10.1. The van der Waals surface area contributed by atoms with Crippen LogP contribution in [0.2, 0.25) is 0 Å². The van der Waals surface area contributed by atoms with Gasteiger partial charge in [0.15, 0.2) is 0 Å². The van der Waals surface area contributed by atoms with Gasteiger partial charge in [0.05, 0.1) is 7.11 Å². The molecule has 124 valence electrons. The van der Waals surface area contributed by atoms with Crippen LogP contribution in [-0.2, 0) is 22.6 Å². The Morgan fingerprint density at radius 1 is 1.21 bits per heavy atom. The highest BCUT2D eigenvalue weighted by atomic mass is 16.5. The van der Waals surface area contributed by atoms with Crippen LogP contribution in [-0.4, -0.2) is 25.0 Å². The third-order valence-electron chi connectivity index (χ3n) is 4.22. The van der Waals surface area contributed by atoms with Gasteiger partial charge in [-0.2, -0.15) is 0 Å². The van der Waals surface area contributed by atoms with Crippen molar-refractivity contribution in [1.29, 1.82) is 0 Å². The molecule has 24 heavy (non-hydrogen) atoms. The molecule has 0 saturated heterocycles. The molecule has 1 aliphatic heterocycles. The molecule has 0 radical (unpaired) electrons. The van der Waals surface area contributed by atoms with Crippen molar-refractivity contribution < 1.29 is 14.3 Å². The van der Waals surface area contributed by atoms with E-state index in [0.29, 0.717) is 13.0 Å². The van der Waals surface area contributed by atoms with E-state index in [2.05, 4.69) is 5.32 Å². The van der Waals surface area contributed by atoms with Crippen LogP contribution in [0.1, 0.15) is 18.1 Å². The monoisotopic (exact) mass is 324 g/mol. The fourth-order valence-electron chi connectivity index (χ4n) is 3.07. The summed E-state index contributed by atoms with van der Waals surface area (Å²) >= 11 is 0. The lowest BCUT2D eigenvalue weighted by Crippen LogP contribution is -2.47. The average Bonchev–Trinajstić information content (AvgIpc) is 2.99. The highest BCUT2D eigenvalue weighted by Crippen LogP contribution is 2.32. The second kappa shape index (κ2) is 6.74. The number of nitrogens with one attached hydrogen (secondary N) is 1. The standard InChI is InChI=1S/C19H20N2O3/c1-13(22)21-17-9-4-3-7-15(17)11-18(21)19(23)20-12-14-6-5-8-16(10-14)24-2/h3-10,18H,11-12H2,1-2H3,(H,20,23)/t18-/m0/s1. The highest BCUT2D eigenvalue weighted by Gasteiger charge is 2.36. The first kappa shape index (κ1) is 16.1. The lowest BCUT2D eigenvalue weighted by Gasteiger charge is -2.23. The summed E-state index contributed by atoms with van der Waals surface area (Å²) in [5, 5.41) is 2.92. The quantitative estimate of drug-likeness (QED) is 0.939. The van der Waals surface area contributed by atoms with Crippen LogP contribution < -0.4 is 15.0 Å². The van der Waals surface area contributed by atoms with E-state index >= 15 is 0 Å². The molecule has 5 nitrogen and oxygen atoms in total. The molecular weight excluding hydrogens is 304 g/mol. The van der Waals surface area contributed by atoms with E-state index in [4.69, 9.17) is 4.74 Å². The Morgan fingerprint density at radius 2 is 2.00 bits per heavy atom. The minimum absolute atomic E-state index is 0.124. The van der Waals surface area contributed by atoms with Gasteiger partial charge < -0.3 is 10.1 Å². The summed E-state index contributed by atoms with van der Waals surface area (Å²) in [6.45, 7) is 1.89. The van der Waals surface area contributed by atoms with Crippen LogP contribution in [0.25, 0.3) is 0 Å². The number of anilines is 1. The number of carbonyl (C=O) groups is 2. The zero-order valence-electron chi connectivity index (χ0n) is 13.8. The number of methoxy groups -OCH3 is 1. The number of fused-ring (bicyclic) bond motifs is 1. The minimum Gasteiger partial charge on any atom is -0.497 e. The first-order chi connectivity index (χ1) is 11.6. The summed E-state index contributed by atoms with van der Waals surface area (Å²) in [5.41, 5.74) is 2.80. The topological polar surface area (TPSA) is 58.6 Å². The summed E-state index contributed by atoms with van der Waals surface area (Å²) in [6, 6.07) is 14.7. The zero-order chi connectivity index (χ0) is 17.1. The normalized spacial score (nSPS) is 15.8. The lowest BCUT2D eigenvalue weighted by molar-refractivity contribution is -0.125. The Kier molecular flexibility index (Phi) is 4.51. The van der Waals surface area contributed by atoms with Crippen molar-refractivity contribution in [3.8, 4) is 5.75 Å². The van der Waals surface area contributed by atoms with E-state index in [-0.39, 0.29) is 11.8 Å². The van der Waals surface area contributed by atoms with Gasteiger partial charge >= 0.3 is 0 Å². The predicted molar refractivity (Wildman–Crippen MR) is 91.9 cm³/mol. The third kappa shape index (κ3) is 3.11. The molecule has 0 fully saturated rings. The molecule has 3 rings (SSSR count). The van der Waals surface area contributed by atoms with Gasteiger partial charge in [-0.1, -0.05) is 30.3 Å². The molecule has 2 amide bonds. The molecule has 2 aromatic rings. The van der Waals surface area contributed by atoms with Crippen molar-refractivity contribution in [2.45, 2.75) is 25.9 Å². The first-order valence-electron chi connectivity index (χ1n) is 7.88. The number of para-hydroxylation sites is 1. The van der Waals surface area contributed by atoms with Gasteiger partial charge in [0.25, 0.3) is 0 Å². The fourth-order valence-corrected chi connectivity index (χ4v) is 3.07. The number of hydrogen-bond donors (Lipinski definition) is 1. The zero-order valence-corrected chi connectivity index (χ0v) is 13.8. The van der Waals surface area contributed by atoms with Crippen LogP contribution >= 0.6 is 0 Å². The number of rotatable bonds is 4. The molecule has 0 aromatic heterocycles. The molecule has 1 atom stereocenters. The first-order valence-corrected chi connectivity index (χ1v) is 7.88. The van der Waals surface area contributed by atoms with E-state index in [1.54, 1.807) is 12.0 Å². The van der Waals surface area contributed by atoms with Crippen LogP contribution in [0.3, 0.4) is 0 Å². The van der Waals surface area contributed by atoms with Crippen molar-refractivity contribution in [1.82, 2.24) is 5.32 Å². The second-order valence-electron chi connectivity index (χ2n) is 5.81. The molecule has 0 unspecified atom stereocenters. The van der Waals surface area contributed by atoms with Crippen LogP contribution in [0, 0.1) is 0 Å². The molecule has 1 N–H and O–H groups in total. The molecule has 2 aromatic carbocycles. The Labute approximate surface area is 141 Å². The molecule has 0 spiro atoms. The Bertz CT molecular complexity index is 773. The number of nitrogens with zero attached hydrogens (tertiary/aromatic N) is 1. The van der Waals surface area contributed by atoms with E-state index in [0.717, 1.165) is 22.6 Å². The average molecular weight is 324 g/mol. The van der Waals surface area contributed by atoms with Crippen molar-refractivity contribution >= 4 is 17.5 Å². The summed E-state index contributed by atoms with van der Waals surface area (Å²) in [6.07, 6.45) is 0.541. The van der Waals surface area contributed by atoms with E-state index in [9.17, 15) is 9.59 Å². The van der Waals surface area contributed by atoms with Crippen molar-refractivity contribution in [2.24, 2.45) is 0 Å². The van der Waals surface area contributed by atoms with Gasteiger partial charge in [0, 0.05) is 25.6 Å². The fraction of sp³-hybridized carbons (Fsp3) is 0.263. The van der Waals surface area contributed by atoms with E-state index in [1.165, 1.54) is 6.92 Å². The van der Waals surface area contributed by atoms with E-state index < -0.39 is 6.04 Å². The number of carbonyl (C=O) groups excluding carboxylic acids is 2. The minimum atomic E-state index is -0.495. The highest BCUT2D eigenvalue weighted by molar-refractivity contribution is 6.02. The third-order valence-corrected chi connectivity index (χ3v) is 4.22. The Hall–Kier alpha value is -2.82. The second-order valence-corrected chi connectivity index (χ2v) is 5.81. The van der Waals surface area contributed by atoms with Crippen LogP contribution in [0.15, 0.2) is 48.5 Å². The number of benzene rings is 2. The summed E-state index contributed by atoms with van der Waals surface area (Å²) in [7, 11) is 1.61. The van der Waals surface area contributed by atoms with Gasteiger partial charge in [-0.25, -0.2) is 0 Å². The summed E-state index contributed by atoms with van der Waals surface area (Å²) in [5.74, 6) is 0.478. The Morgan fingerprint density at radius 3 is 2.75 bits per heavy atom. The van der Waals surface area contributed by atoms with Gasteiger partial charge in [0.1, 0.15) is 11.8 Å². The van der Waals surface area contributed by atoms with Gasteiger partial charge in [0.2, 0.25) is 11.8 Å². The number of amides is 2. The molecular formula is C19H20N2O3. The van der Waals surface area contributed by atoms with E-state index in [1.807, 2.05) is 48.5 Å². The maximum Gasteiger partial charge on any atom is 0.243 e.